The molecule has 1 heterocycles. The second-order valence-electron chi connectivity index (χ2n) is 5.65. The standard InChI is InChI=1S/C17H23FN2O2/c1-2-3-12(6-7-21)10-20-17(22)8-13-11-19-16-9-14(18)4-5-15(13)16/h4-5,9,11-12,19,21H,2-3,6-8,10H2,1H3,(H,20,22). The van der Waals surface area contributed by atoms with E-state index in [2.05, 4.69) is 17.2 Å². The lowest BCUT2D eigenvalue weighted by atomic mass is 10.00. The number of H-pyrrole nitrogens is 1. The molecular weight excluding hydrogens is 283 g/mol. The summed E-state index contributed by atoms with van der Waals surface area (Å²) >= 11 is 0. The van der Waals surface area contributed by atoms with Crippen LogP contribution in [0.3, 0.4) is 0 Å². The number of carbonyl (C=O) groups is 1. The molecule has 2 aromatic rings. The Bertz CT molecular complexity index is 618. The van der Waals surface area contributed by atoms with E-state index in [0.29, 0.717) is 24.4 Å². The first-order chi connectivity index (χ1) is 10.6. The second kappa shape index (κ2) is 7.94. The van der Waals surface area contributed by atoms with Gasteiger partial charge in [-0.3, -0.25) is 4.79 Å². The van der Waals surface area contributed by atoms with Crippen LogP contribution in [0.15, 0.2) is 24.4 Å². The third-order valence-corrected chi connectivity index (χ3v) is 3.90. The van der Waals surface area contributed by atoms with Gasteiger partial charge in [0.1, 0.15) is 5.82 Å². The largest absolute Gasteiger partial charge is 0.396 e. The zero-order valence-electron chi connectivity index (χ0n) is 12.9. The number of aliphatic hydroxyl groups excluding tert-OH is 1. The lowest BCUT2D eigenvalue weighted by Gasteiger charge is -2.15. The van der Waals surface area contributed by atoms with E-state index >= 15 is 0 Å². The van der Waals surface area contributed by atoms with E-state index in [1.165, 1.54) is 12.1 Å². The van der Waals surface area contributed by atoms with Gasteiger partial charge in [-0.2, -0.15) is 0 Å². The van der Waals surface area contributed by atoms with Gasteiger partial charge in [-0.05, 0) is 42.5 Å². The molecule has 1 atom stereocenters. The summed E-state index contributed by atoms with van der Waals surface area (Å²) in [5, 5.41) is 12.8. The van der Waals surface area contributed by atoms with Crippen LogP contribution in [0.2, 0.25) is 0 Å². The van der Waals surface area contributed by atoms with Crippen molar-refractivity contribution < 1.29 is 14.3 Å². The van der Waals surface area contributed by atoms with Crippen molar-refractivity contribution >= 4 is 16.8 Å². The molecule has 0 saturated heterocycles. The maximum Gasteiger partial charge on any atom is 0.224 e. The predicted molar refractivity (Wildman–Crippen MR) is 85.1 cm³/mol. The van der Waals surface area contributed by atoms with Gasteiger partial charge in [-0.1, -0.05) is 13.3 Å². The van der Waals surface area contributed by atoms with Crippen molar-refractivity contribution in [2.24, 2.45) is 5.92 Å². The number of hydrogen-bond acceptors (Lipinski definition) is 2. The normalized spacial score (nSPS) is 12.5. The Hall–Kier alpha value is -1.88. The molecule has 4 nitrogen and oxygen atoms in total. The number of aromatic nitrogens is 1. The van der Waals surface area contributed by atoms with Crippen LogP contribution < -0.4 is 5.32 Å². The highest BCUT2D eigenvalue weighted by Gasteiger charge is 2.12. The lowest BCUT2D eigenvalue weighted by molar-refractivity contribution is -0.120. The molecule has 0 bridgehead atoms. The van der Waals surface area contributed by atoms with Gasteiger partial charge >= 0.3 is 0 Å². The molecule has 1 unspecified atom stereocenters. The molecule has 1 aromatic heterocycles. The molecule has 0 aliphatic rings. The number of fused-ring (bicyclic) bond motifs is 1. The molecular formula is C17H23FN2O2. The summed E-state index contributed by atoms with van der Waals surface area (Å²) in [6, 6.07) is 4.51. The molecule has 120 valence electrons. The maximum absolute atomic E-state index is 13.1. The Kier molecular flexibility index (Phi) is 5.95. The van der Waals surface area contributed by atoms with Crippen molar-refractivity contribution in [2.45, 2.75) is 32.6 Å². The van der Waals surface area contributed by atoms with Crippen molar-refractivity contribution in [3.8, 4) is 0 Å². The summed E-state index contributed by atoms with van der Waals surface area (Å²) in [5.41, 5.74) is 1.56. The molecule has 22 heavy (non-hydrogen) atoms. The molecule has 1 amide bonds. The average molecular weight is 306 g/mol. The van der Waals surface area contributed by atoms with E-state index in [1.54, 1.807) is 12.3 Å². The molecule has 0 fully saturated rings. The zero-order chi connectivity index (χ0) is 15.9. The number of aromatic amines is 1. The summed E-state index contributed by atoms with van der Waals surface area (Å²) < 4.78 is 13.1. The number of hydrogen-bond donors (Lipinski definition) is 3. The van der Waals surface area contributed by atoms with Gasteiger partial charge in [0.15, 0.2) is 0 Å². The topological polar surface area (TPSA) is 65.1 Å². The highest BCUT2D eigenvalue weighted by molar-refractivity contribution is 5.88. The van der Waals surface area contributed by atoms with Crippen LogP contribution in [0, 0.1) is 11.7 Å². The van der Waals surface area contributed by atoms with E-state index in [1.807, 2.05) is 0 Å². The molecule has 0 aliphatic heterocycles. The highest BCUT2D eigenvalue weighted by Crippen LogP contribution is 2.19. The number of nitrogens with one attached hydrogen (secondary N) is 2. The van der Waals surface area contributed by atoms with E-state index in [4.69, 9.17) is 5.11 Å². The van der Waals surface area contributed by atoms with Crippen molar-refractivity contribution in [2.75, 3.05) is 13.2 Å². The van der Waals surface area contributed by atoms with Crippen molar-refractivity contribution in [3.63, 3.8) is 0 Å². The molecule has 0 radical (unpaired) electrons. The minimum atomic E-state index is -0.295. The van der Waals surface area contributed by atoms with E-state index in [9.17, 15) is 9.18 Å². The minimum Gasteiger partial charge on any atom is -0.396 e. The van der Waals surface area contributed by atoms with E-state index < -0.39 is 0 Å². The van der Waals surface area contributed by atoms with Gasteiger partial charge in [0, 0.05) is 30.3 Å². The monoisotopic (exact) mass is 306 g/mol. The molecule has 2 rings (SSSR count). The molecule has 3 N–H and O–H groups in total. The first-order valence-corrected chi connectivity index (χ1v) is 7.77. The van der Waals surface area contributed by atoms with Crippen molar-refractivity contribution in [1.82, 2.24) is 10.3 Å². The fraction of sp³-hybridized carbons (Fsp3) is 0.471. The maximum atomic E-state index is 13.1. The Morgan fingerprint density at radius 3 is 2.95 bits per heavy atom. The predicted octanol–water partition coefficient (Wildman–Crippen LogP) is 2.76. The molecule has 5 heteroatoms. The van der Waals surface area contributed by atoms with Gasteiger partial charge in [0.25, 0.3) is 0 Å². The third kappa shape index (κ3) is 4.31. The molecule has 0 aliphatic carbocycles. The molecule has 0 saturated carbocycles. The van der Waals surface area contributed by atoms with E-state index in [0.717, 1.165) is 23.8 Å². The van der Waals surface area contributed by atoms with Crippen LogP contribution >= 0.6 is 0 Å². The second-order valence-corrected chi connectivity index (χ2v) is 5.65. The fourth-order valence-electron chi connectivity index (χ4n) is 2.74. The molecule has 0 spiro atoms. The summed E-state index contributed by atoms with van der Waals surface area (Å²) in [5.74, 6) is -0.0305. The first-order valence-electron chi connectivity index (χ1n) is 7.77. The number of carbonyl (C=O) groups excluding carboxylic acids is 1. The first kappa shape index (κ1) is 16.5. The number of rotatable bonds is 8. The van der Waals surface area contributed by atoms with Gasteiger partial charge in [-0.15, -0.1) is 0 Å². The molecule has 1 aromatic carbocycles. The van der Waals surface area contributed by atoms with Crippen LogP contribution in [-0.2, 0) is 11.2 Å². The smallest absolute Gasteiger partial charge is 0.224 e. The van der Waals surface area contributed by atoms with Gasteiger partial charge in [0.2, 0.25) is 5.91 Å². The highest BCUT2D eigenvalue weighted by atomic mass is 19.1. The lowest BCUT2D eigenvalue weighted by Crippen LogP contribution is -2.30. The Balaban J connectivity index is 1.93. The van der Waals surface area contributed by atoms with Gasteiger partial charge in [-0.25, -0.2) is 4.39 Å². The number of benzene rings is 1. The van der Waals surface area contributed by atoms with Crippen LogP contribution in [0.25, 0.3) is 10.9 Å². The SMILES string of the molecule is CCCC(CCO)CNC(=O)Cc1c[nH]c2cc(F)ccc12. The number of aliphatic hydroxyl groups is 1. The van der Waals surface area contributed by atoms with Crippen LogP contribution in [-0.4, -0.2) is 29.1 Å². The van der Waals surface area contributed by atoms with Gasteiger partial charge < -0.3 is 15.4 Å². The van der Waals surface area contributed by atoms with Crippen LogP contribution in [0.5, 0.6) is 0 Å². The summed E-state index contributed by atoms with van der Waals surface area (Å²) in [7, 11) is 0. The van der Waals surface area contributed by atoms with E-state index in [-0.39, 0.29) is 24.8 Å². The Morgan fingerprint density at radius 1 is 1.41 bits per heavy atom. The third-order valence-electron chi connectivity index (χ3n) is 3.90. The number of halogens is 1. The summed E-state index contributed by atoms with van der Waals surface area (Å²) in [6.45, 7) is 2.83. The fourth-order valence-corrected chi connectivity index (χ4v) is 2.74. The zero-order valence-corrected chi connectivity index (χ0v) is 12.9. The van der Waals surface area contributed by atoms with Crippen LogP contribution in [0.4, 0.5) is 4.39 Å². The van der Waals surface area contributed by atoms with Crippen molar-refractivity contribution in [1.29, 1.82) is 0 Å². The average Bonchev–Trinajstić information content (AvgIpc) is 2.87. The quantitative estimate of drug-likeness (QED) is 0.702. The Morgan fingerprint density at radius 2 is 2.23 bits per heavy atom. The number of amides is 1. The van der Waals surface area contributed by atoms with Gasteiger partial charge in [0.05, 0.1) is 6.42 Å². The summed E-state index contributed by atoms with van der Waals surface area (Å²) in [4.78, 5) is 15.1. The summed E-state index contributed by atoms with van der Waals surface area (Å²) in [6.07, 6.45) is 4.76. The Labute approximate surface area is 129 Å². The van der Waals surface area contributed by atoms with Crippen molar-refractivity contribution in [3.05, 3.63) is 35.8 Å². The minimum absolute atomic E-state index is 0.0516. The van der Waals surface area contributed by atoms with Crippen LogP contribution in [0.1, 0.15) is 31.7 Å².